The first-order valence-corrected chi connectivity index (χ1v) is 4.72. The van der Waals surface area contributed by atoms with Crippen molar-refractivity contribution in [1.29, 1.82) is 0 Å². The van der Waals surface area contributed by atoms with Crippen molar-refractivity contribution in [1.82, 2.24) is 5.48 Å². The molecule has 0 saturated heterocycles. The topological polar surface area (TPSA) is 21.3 Å². The van der Waals surface area contributed by atoms with Crippen LogP contribution >= 0.6 is 0 Å². The lowest BCUT2D eigenvalue weighted by Crippen LogP contribution is -2.28. The van der Waals surface area contributed by atoms with Crippen LogP contribution in [0, 0.1) is 0 Å². The van der Waals surface area contributed by atoms with Gasteiger partial charge in [0.25, 0.3) is 0 Å². The van der Waals surface area contributed by atoms with Gasteiger partial charge >= 0.3 is 0 Å². The molecule has 0 amide bonds. The molecule has 0 spiro atoms. The number of hydroxylamine groups is 1. The molecule has 1 aliphatic rings. The third kappa shape index (κ3) is 3.73. The number of hydrogen-bond acceptors (Lipinski definition) is 2. The van der Waals surface area contributed by atoms with Crippen molar-refractivity contribution in [3.8, 4) is 0 Å². The van der Waals surface area contributed by atoms with Gasteiger partial charge in [-0.05, 0) is 12.8 Å². The van der Waals surface area contributed by atoms with Gasteiger partial charge in [-0.1, -0.05) is 32.1 Å². The van der Waals surface area contributed by atoms with E-state index in [1.54, 1.807) is 7.11 Å². The van der Waals surface area contributed by atoms with E-state index in [2.05, 4.69) is 5.48 Å². The van der Waals surface area contributed by atoms with E-state index in [-0.39, 0.29) is 0 Å². The fraction of sp³-hybridized carbons (Fsp3) is 1.00. The van der Waals surface area contributed by atoms with Crippen LogP contribution in [0.25, 0.3) is 0 Å². The summed E-state index contributed by atoms with van der Waals surface area (Å²) in [4.78, 5) is 4.93. The van der Waals surface area contributed by atoms with E-state index in [9.17, 15) is 0 Å². The maximum absolute atomic E-state index is 4.93. The first-order chi connectivity index (χ1) is 5.43. The first-order valence-electron chi connectivity index (χ1n) is 4.72. The molecular formula is C9H19NO. The second-order valence-electron chi connectivity index (χ2n) is 3.36. The summed E-state index contributed by atoms with van der Waals surface area (Å²) in [5.74, 6) is 0. The molecule has 2 heteroatoms. The maximum Gasteiger partial charge on any atom is 0.0572 e. The number of nitrogens with one attached hydrogen (secondary N) is 1. The number of hydrogen-bond donors (Lipinski definition) is 1. The van der Waals surface area contributed by atoms with E-state index in [0.29, 0.717) is 6.04 Å². The van der Waals surface area contributed by atoms with Gasteiger partial charge in [0.1, 0.15) is 0 Å². The highest BCUT2D eigenvalue weighted by atomic mass is 16.6. The monoisotopic (exact) mass is 157 g/mol. The molecule has 0 aromatic rings. The molecule has 0 bridgehead atoms. The van der Waals surface area contributed by atoms with Crippen molar-refractivity contribution in [3.05, 3.63) is 0 Å². The van der Waals surface area contributed by atoms with Gasteiger partial charge in [-0.25, -0.2) is 0 Å². The minimum Gasteiger partial charge on any atom is -0.305 e. The maximum atomic E-state index is 4.93. The molecule has 0 aromatic carbocycles. The molecule has 0 aromatic heterocycles. The zero-order valence-electron chi connectivity index (χ0n) is 7.44. The molecule has 0 atom stereocenters. The lowest BCUT2D eigenvalue weighted by Gasteiger charge is -2.19. The Balaban J connectivity index is 2.15. The standard InChI is InChI=1S/C9H19NO/c1-11-10-9-7-5-3-2-4-6-8-9/h9-10H,2-8H2,1H3. The van der Waals surface area contributed by atoms with E-state index < -0.39 is 0 Å². The van der Waals surface area contributed by atoms with Gasteiger partial charge in [-0.15, -0.1) is 0 Å². The molecule has 1 saturated carbocycles. The fourth-order valence-corrected chi connectivity index (χ4v) is 1.74. The molecule has 1 rings (SSSR count). The zero-order valence-corrected chi connectivity index (χ0v) is 7.44. The van der Waals surface area contributed by atoms with Crippen LogP contribution in [-0.2, 0) is 4.84 Å². The Bertz CT molecular complexity index is 87.6. The predicted molar refractivity (Wildman–Crippen MR) is 46.3 cm³/mol. The van der Waals surface area contributed by atoms with Crippen LogP contribution in [0.2, 0.25) is 0 Å². The average molecular weight is 157 g/mol. The third-order valence-corrected chi connectivity index (χ3v) is 2.39. The summed E-state index contributed by atoms with van der Waals surface area (Å²) < 4.78 is 0. The average Bonchev–Trinajstić information content (AvgIpc) is 1.94. The van der Waals surface area contributed by atoms with Crippen LogP contribution < -0.4 is 5.48 Å². The first kappa shape index (κ1) is 9.01. The van der Waals surface area contributed by atoms with Crippen LogP contribution in [0.5, 0.6) is 0 Å². The summed E-state index contributed by atoms with van der Waals surface area (Å²) >= 11 is 0. The summed E-state index contributed by atoms with van der Waals surface area (Å²) in [6, 6.07) is 0.611. The molecule has 0 unspecified atom stereocenters. The van der Waals surface area contributed by atoms with Crippen LogP contribution in [0.3, 0.4) is 0 Å². The van der Waals surface area contributed by atoms with Gasteiger partial charge in [0.05, 0.1) is 7.11 Å². The third-order valence-electron chi connectivity index (χ3n) is 2.39. The molecule has 0 heterocycles. The van der Waals surface area contributed by atoms with Crippen molar-refractivity contribution in [2.45, 2.75) is 51.0 Å². The highest BCUT2D eigenvalue weighted by Crippen LogP contribution is 2.16. The van der Waals surface area contributed by atoms with Crippen LogP contribution in [0.4, 0.5) is 0 Å². The van der Waals surface area contributed by atoms with Crippen LogP contribution in [0.1, 0.15) is 44.9 Å². The molecule has 2 nitrogen and oxygen atoms in total. The minimum absolute atomic E-state index is 0.611. The Morgan fingerprint density at radius 3 is 2.09 bits per heavy atom. The van der Waals surface area contributed by atoms with E-state index in [4.69, 9.17) is 4.84 Å². The van der Waals surface area contributed by atoms with E-state index >= 15 is 0 Å². The zero-order chi connectivity index (χ0) is 7.94. The molecule has 66 valence electrons. The second-order valence-corrected chi connectivity index (χ2v) is 3.36. The van der Waals surface area contributed by atoms with Crippen molar-refractivity contribution >= 4 is 0 Å². The molecule has 1 fully saturated rings. The Hall–Kier alpha value is -0.0800. The number of rotatable bonds is 2. The lowest BCUT2D eigenvalue weighted by molar-refractivity contribution is 0.0524. The largest absolute Gasteiger partial charge is 0.305 e. The van der Waals surface area contributed by atoms with E-state index in [1.165, 1.54) is 44.9 Å². The van der Waals surface area contributed by atoms with Crippen molar-refractivity contribution in [2.24, 2.45) is 0 Å². The van der Waals surface area contributed by atoms with Crippen LogP contribution in [-0.4, -0.2) is 13.2 Å². The van der Waals surface area contributed by atoms with Gasteiger partial charge in [-0.3, -0.25) is 0 Å². The fourth-order valence-electron chi connectivity index (χ4n) is 1.74. The van der Waals surface area contributed by atoms with Crippen molar-refractivity contribution in [3.63, 3.8) is 0 Å². The smallest absolute Gasteiger partial charge is 0.0572 e. The van der Waals surface area contributed by atoms with Crippen LogP contribution in [0.15, 0.2) is 0 Å². The normalized spacial score (nSPS) is 22.6. The Kier molecular flexibility index (Phi) is 4.55. The highest BCUT2D eigenvalue weighted by molar-refractivity contribution is 4.65. The summed E-state index contributed by atoms with van der Waals surface area (Å²) in [5.41, 5.74) is 3.05. The van der Waals surface area contributed by atoms with E-state index in [0.717, 1.165) is 0 Å². The molecule has 11 heavy (non-hydrogen) atoms. The van der Waals surface area contributed by atoms with Gasteiger partial charge in [0, 0.05) is 6.04 Å². The summed E-state index contributed by atoms with van der Waals surface area (Å²) in [6.45, 7) is 0. The molecular weight excluding hydrogens is 138 g/mol. The Morgan fingerprint density at radius 2 is 1.55 bits per heavy atom. The van der Waals surface area contributed by atoms with Gasteiger partial charge < -0.3 is 4.84 Å². The Morgan fingerprint density at radius 1 is 1.00 bits per heavy atom. The second kappa shape index (κ2) is 5.56. The van der Waals surface area contributed by atoms with Crippen molar-refractivity contribution < 1.29 is 4.84 Å². The van der Waals surface area contributed by atoms with Gasteiger partial charge in [0.2, 0.25) is 0 Å². The highest BCUT2D eigenvalue weighted by Gasteiger charge is 2.09. The van der Waals surface area contributed by atoms with Gasteiger partial charge in [-0.2, -0.15) is 5.48 Å². The molecule has 0 radical (unpaired) electrons. The van der Waals surface area contributed by atoms with Gasteiger partial charge in [0.15, 0.2) is 0 Å². The molecule has 0 aliphatic heterocycles. The van der Waals surface area contributed by atoms with E-state index in [1.807, 2.05) is 0 Å². The van der Waals surface area contributed by atoms with Crippen molar-refractivity contribution in [2.75, 3.05) is 7.11 Å². The Labute approximate surface area is 69.3 Å². The molecule has 1 aliphatic carbocycles. The molecule has 1 N–H and O–H groups in total. The predicted octanol–water partition coefficient (Wildman–Crippen LogP) is 2.25. The summed E-state index contributed by atoms with van der Waals surface area (Å²) in [6.07, 6.45) is 9.53. The SMILES string of the molecule is CONC1CCCCCCC1. The summed E-state index contributed by atoms with van der Waals surface area (Å²) in [5, 5.41) is 0. The summed E-state index contributed by atoms with van der Waals surface area (Å²) in [7, 11) is 1.71. The quantitative estimate of drug-likeness (QED) is 0.621. The lowest BCUT2D eigenvalue weighted by atomic mass is 9.97. The minimum atomic E-state index is 0.611.